The van der Waals surface area contributed by atoms with Gasteiger partial charge in [-0.3, -0.25) is 4.79 Å². The predicted octanol–water partition coefficient (Wildman–Crippen LogP) is 3.02. The molecule has 126 valence electrons. The minimum atomic E-state index is -0.280. The van der Waals surface area contributed by atoms with E-state index < -0.39 is 0 Å². The van der Waals surface area contributed by atoms with Gasteiger partial charge in [-0.25, -0.2) is 4.79 Å². The molecule has 0 heterocycles. The van der Waals surface area contributed by atoms with Crippen LogP contribution in [0.25, 0.3) is 0 Å². The topological polar surface area (TPSA) is 79.5 Å². The van der Waals surface area contributed by atoms with Crippen LogP contribution in [-0.2, 0) is 11.2 Å². The summed E-state index contributed by atoms with van der Waals surface area (Å²) >= 11 is 0. The molecular formula is C18H21N3O3. The van der Waals surface area contributed by atoms with Crippen LogP contribution in [0.5, 0.6) is 5.75 Å². The molecule has 0 saturated heterocycles. The van der Waals surface area contributed by atoms with Gasteiger partial charge >= 0.3 is 6.03 Å². The fraction of sp³-hybridized carbons (Fsp3) is 0.222. The Labute approximate surface area is 141 Å². The van der Waals surface area contributed by atoms with Crippen LogP contribution < -0.4 is 20.7 Å². The fourth-order valence-corrected chi connectivity index (χ4v) is 2.24. The number of para-hydroxylation sites is 1. The first kappa shape index (κ1) is 17.3. The van der Waals surface area contributed by atoms with Crippen molar-refractivity contribution in [3.8, 4) is 5.75 Å². The standard InChI is InChI=1S/C18H21N3O3/c1-13(22)20-15-7-9-16(10-8-15)21-18(23)19-12-11-14-5-3-4-6-17(14)24-2/h3-10H,11-12H2,1-2H3,(H,20,22)(H2,19,21,23). The highest BCUT2D eigenvalue weighted by Crippen LogP contribution is 2.17. The first-order valence-corrected chi connectivity index (χ1v) is 7.63. The molecule has 0 saturated carbocycles. The second kappa shape index (κ2) is 8.57. The van der Waals surface area contributed by atoms with E-state index in [9.17, 15) is 9.59 Å². The van der Waals surface area contributed by atoms with E-state index in [2.05, 4.69) is 16.0 Å². The van der Waals surface area contributed by atoms with Gasteiger partial charge in [0.05, 0.1) is 7.11 Å². The molecule has 0 fully saturated rings. The normalized spacial score (nSPS) is 9.92. The Morgan fingerprint density at radius 3 is 2.21 bits per heavy atom. The van der Waals surface area contributed by atoms with E-state index in [1.165, 1.54) is 6.92 Å². The lowest BCUT2D eigenvalue weighted by Gasteiger charge is -2.10. The Morgan fingerprint density at radius 2 is 1.58 bits per heavy atom. The van der Waals surface area contributed by atoms with Gasteiger partial charge in [0.2, 0.25) is 5.91 Å². The molecule has 2 aromatic rings. The number of urea groups is 1. The van der Waals surface area contributed by atoms with Gasteiger partial charge in [0.1, 0.15) is 5.75 Å². The number of nitrogens with one attached hydrogen (secondary N) is 3. The minimum absolute atomic E-state index is 0.134. The molecule has 0 aliphatic heterocycles. The minimum Gasteiger partial charge on any atom is -0.496 e. The van der Waals surface area contributed by atoms with Crippen molar-refractivity contribution in [3.63, 3.8) is 0 Å². The molecular weight excluding hydrogens is 306 g/mol. The van der Waals surface area contributed by atoms with Crippen LogP contribution in [0.2, 0.25) is 0 Å². The number of rotatable bonds is 6. The third kappa shape index (κ3) is 5.31. The summed E-state index contributed by atoms with van der Waals surface area (Å²) in [6, 6.07) is 14.3. The number of carbonyl (C=O) groups is 2. The Morgan fingerprint density at radius 1 is 0.958 bits per heavy atom. The van der Waals surface area contributed by atoms with Gasteiger partial charge in [0.25, 0.3) is 0 Å². The molecule has 0 aliphatic carbocycles. The maximum absolute atomic E-state index is 11.9. The van der Waals surface area contributed by atoms with Crippen molar-refractivity contribution in [1.29, 1.82) is 0 Å². The molecule has 0 aromatic heterocycles. The molecule has 6 nitrogen and oxygen atoms in total. The predicted molar refractivity (Wildman–Crippen MR) is 94.5 cm³/mol. The third-order valence-corrected chi connectivity index (χ3v) is 3.34. The monoisotopic (exact) mass is 327 g/mol. The Bertz CT molecular complexity index is 699. The number of ether oxygens (including phenoxy) is 1. The van der Waals surface area contributed by atoms with Gasteiger partial charge in [0.15, 0.2) is 0 Å². The van der Waals surface area contributed by atoms with Crippen LogP contribution in [0.3, 0.4) is 0 Å². The number of hydrogen-bond acceptors (Lipinski definition) is 3. The largest absolute Gasteiger partial charge is 0.496 e. The van der Waals surface area contributed by atoms with Crippen molar-refractivity contribution >= 4 is 23.3 Å². The lowest BCUT2D eigenvalue weighted by molar-refractivity contribution is -0.114. The van der Waals surface area contributed by atoms with Crippen molar-refractivity contribution in [2.24, 2.45) is 0 Å². The van der Waals surface area contributed by atoms with Crippen molar-refractivity contribution in [3.05, 3.63) is 54.1 Å². The number of carbonyl (C=O) groups excluding carboxylic acids is 2. The van der Waals surface area contributed by atoms with E-state index in [-0.39, 0.29) is 11.9 Å². The Kier molecular flexibility index (Phi) is 6.19. The first-order chi connectivity index (χ1) is 11.6. The fourth-order valence-electron chi connectivity index (χ4n) is 2.24. The molecule has 0 spiro atoms. The van der Waals surface area contributed by atoms with Crippen LogP contribution in [0.1, 0.15) is 12.5 Å². The first-order valence-electron chi connectivity index (χ1n) is 7.63. The van der Waals surface area contributed by atoms with E-state index in [4.69, 9.17) is 4.74 Å². The molecule has 0 radical (unpaired) electrons. The lowest BCUT2D eigenvalue weighted by Crippen LogP contribution is -2.30. The zero-order chi connectivity index (χ0) is 17.4. The molecule has 0 bridgehead atoms. The summed E-state index contributed by atoms with van der Waals surface area (Å²) in [5.74, 6) is 0.679. The molecule has 0 unspecified atom stereocenters. The van der Waals surface area contributed by atoms with Gasteiger partial charge < -0.3 is 20.7 Å². The average molecular weight is 327 g/mol. The summed E-state index contributed by atoms with van der Waals surface area (Å²) in [6.45, 7) is 1.94. The number of anilines is 2. The maximum atomic E-state index is 11.9. The summed E-state index contributed by atoms with van der Waals surface area (Å²) in [7, 11) is 1.63. The highest BCUT2D eigenvalue weighted by molar-refractivity contribution is 5.91. The summed E-state index contributed by atoms with van der Waals surface area (Å²) in [5.41, 5.74) is 2.38. The summed E-state index contributed by atoms with van der Waals surface area (Å²) in [5, 5.41) is 8.22. The number of benzene rings is 2. The van der Waals surface area contributed by atoms with E-state index in [1.54, 1.807) is 31.4 Å². The van der Waals surface area contributed by atoms with E-state index in [0.717, 1.165) is 11.3 Å². The molecule has 24 heavy (non-hydrogen) atoms. The van der Waals surface area contributed by atoms with Gasteiger partial charge in [-0.15, -0.1) is 0 Å². The van der Waals surface area contributed by atoms with E-state index in [1.807, 2.05) is 24.3 Å². The number of methoxy groups -OCH3 is 1. The van der Waals surface area contributed by atoms with Crippen molar-refractivity contribution in [2.45, 2.75) is 13.3 Å². The SMILES string of the molecule is COc1ccccc1CCNC(=O)Nc1ccc(NC(C)=O)cc1. The maximum Gasteiger partial charge on any atom is 0.319 e. The molecule has 3 N–H and O–H groups in total. The Balaban J connectivity index is 1.80. The van der Waals surface area contributed by atoms with Crippen LogP contribution in [0.15, 0.2) is 48.5 Å². The lowest BCUT2D eigenvalue weighted by atomic mass is 10.1. The van der Waals surface area contributed by atoms with Crippen LogP contribution in [0, 0.1) is 0 Å². The smallest absolute Gasteiger partial charge is 0.319 e. The highest BCUT2D eigenvalue weighted by atomic mass is 16.5. The van der Waals surface area contributed by atoms with Gasteiger partial charge in [-0.2, -0.15) is 0 Å². The van der Waals surface area contributed by atoms with E-state index >= 15 is 0 Å². The van der Waals surface area contributed by atoms with Gasteiger partial charge in [0, 0.05) is 24.8 Å². The molecule has 2 aromatic carbocycles. The zero-order valence-electron chi connectivity index (χ0n) is 13.8. The number of amides is 3. The van der Waals surface area contributed by atoms with Crippen molar-refractivity contribution < 1.29 is 14.3 Å². The summed E-state index contributed by atoms with van der Waals surface area (Å²) in [6.07, 6.45) is 0.679. The molecule has 2 rings (SSSR count). The van der Waals surface area contributed by atoms with Gasteiger partial charge in [-0.1, -0.05) is 18.2 Å². The zero-order valence-corrected chi connectivity index (χ0v) is 13.8. The molecule has 6 heteroatoms. The average Bonchev–Trinajstić information content (AvgIpc) is 2.56. The highest BCUT2D eigenvalue weighted by Gasteiger charge is 2.04. The van der Waals surface area contributed by atoms with E-state index in [0.29, 0.717) is 24.3 Å². The molecule has 0 aliphatic rings. The van der Waals surface area contributed by atoms with Crippen LogP contribution in [-0.4, -0.2) is 25.6 Å². The van der Waals surface area contributed by atoms with Crippen LogP contribution >= 0.6 is 0 Å². The summed E-state index contributed by atoms with van der Waals surface area (Å²) in [4.78, 5) is 22.9. The molecule has 3 amide bonds. The third-order valence-electron chi connectivity index (χ3n) is 3.34. The van der Waals surface area contributed by atoms with Crippen molar-refractivity contribution in [1.82, 2.24) is 5.32 Å². The quantitative estimate of drug-likeness (QED) is 0.763. The van der Waals surface area contributed by atoms with Crippen molar-refractivity contribution in [2.75, 3.05) is 24.3 Å². The number of hydrogen-bond donors (Lipinski definition) is 3. The summed E-state index contributed by atoms with van der Waals surface area (Å²) < 4.78 is 5.28. The second-order valence-electron chi connectivity index (χ2n) is 5.20. The second-order valence-corrected chi connectivity index (χ2v) is 5.20. The Hall–Kier alpha value is -3.02. The van der Waals surface area contributed by atoms with Crippen LogP contribution in [0.4, 0.5) is 16.2 Å². The molecule has 0 atom stereocenters. The van der Waals surface area contributed by atoms with Gasteiger partial charge in [-0.05, 0) is 42.3 Å².